The van der Waals surface area contributed by atoms with Gasteiger partial charge in [-0.05, 0) is 36.4 Å². The molecule has 2 heteroatoms. The maximum absolute atomic E-state index is 11.1. The molecule has 0 bridgehead atoms. The number of hydrogen-bond donors (Lipinski definition) is 0. The number of hydrogen-bond acceptors (Lipinski definition) is 1. The first kappa shape index (κ1) is 13.0. The third-order valence-electron chi connectivity index (χ3n) is 3.18. The summed E-state index contributed by atoms with van der Waals surface area (Å²) in [5, 5.41) is 0. The second kappa shape index (κ2) is 5.94. The number of benzene rings is 2. The van der Waals surface area contributed by atoms with Gasteiger partial charge in [-0.25, -0.2) is 0 Å². The van der Waals surface area contributed by atoms with Crippen LogP contribution in [-0.2, 0) is 0 Å². The summed E-state index contributed by atoms with van der Waals surface area (Å²) in [6.45, 7) is 0. The number of carbonyl (C=O) groups excluding carboxylic acids is 1. The molecule has 2 aromatic carbocycles. The predicted octanol–water partition coefficient (Wildman–Crippen LogP) is 3.69. The van der Waals surface area contributed by atoms with Gasteiger partial charge < -0.3 is 4.57 Å². The van der Waals surface area contributed by atoms with Crippen LogP contribution in [0.5, 0.6) is 0 Å². The first-order chi connectivity index (χ1) is 10.4. The highest BCUT2D eigenvalue weighted by atomic mass is 16.1. The fraction of sp³-hybridized carbons (Fsp3) is 0. The number of nitrogens with zero attached hydrogens (tertiary/aromatic N) is 1. The summed E-state index contributed by atoms with van der Waals surface area (Å²) in [7, 11) is 0. The quantitative estimate of drug-likeness (QED) is 0.514. The summed E-state index contributed by atoms with van der Waals surface area (Å²) >= 11 is 0. The second-order valence-corrected chi connectivity index (χ2v) is 4.55. The molecule has 0 unspecified atom stereocenters. The average Bonchev–Trinajstić information content (AvgIpc) is 3.02. The summed E-state index contributed by atoms with van der Waals surface area (Å²) in [6, 6.07) is 21.3. The van der Waals surface area contributed by atoms with Crippen molar-refractivity contribution in [3.05, 3.63) is 89.7 Å². The molecule has 100 valence electrons. The van der Waals surface area contributed by atoms with Gasteiger partial charge in [0.25, 0.3) is 0 Å². The fourth-order valence-corrected chi connectivity index (χ4v) is 2.16. The van der Waals surface area contributed by atoms with Gasteiger partial charge in [0.15, 0.2) is 6.29 Å². The molecule has 0 aliphatic rings. The largest absolute Gasteiger partial charge is 0.313 e. The van der Waals surface area contributed by atoms with E-state index in [2.05, 4.69) is 11.8 Å². The Kier molecular flexibility index (Phi) is 3.66. The molecule has 0 aliphatic heterocycles. The number of rotatable bonds is 2. The van der Waals surface area contributed by atoms with E-state index < -0.39 is 0 Å². The number of aromatic nitrogens is 1. The highest BCUT2D eigenvalue weighted by Gasteiger charge is 2.05. The average molecular weight is 271 g/mol. The summed E-state index contributed by atoms with van der Waals surface area (Å²) in [4.78, 5) is 11.1. The van der Waals surface area contributed by atoms with Crippen LogP contribution in [-0.4, -0.2) is 10.9 Å². The first-order valence-corrected chi connectivity index (χ1v) is 6.67. The molecule has 0 atom stereocenters. The Morgan fingerprint density at radius 3 is 2.38 bits per heavy atom. The van der Waals surface area contributed by atoms with Crippen molar-refractivity contribution in [2.45, 2.75) is 0 Å². The third kappa shape index (κ3) is 2.77. The monoisotopic (exact) mass is 271 g/mol. The zero-order chi connectivity index (χ0) is 14.5. The van der Waals surface area contributed by atoms with Gasteiger partial charge in [-0.2, -0.15) is 0 Å². The summed E-state index contributed by atoms with van der Waals surface area (Å²) in [6.07, 6.45) is 2.72. The van der Waals surface area contributed by atoms with Crippen molar-refractivity contribution in [3.63, 3.8) is 0 Å². The van der Waals surface area contributed by atoms with E-state index in [0.29, 0.717) is 5.69 Å². The third-order valence-corrected chi connectivity index (χ3v) is 3.18. The van der Waals surface area contributed by atoms with Crippen LogP contribution in [0.15, 0.2) is 72.9 Å². The molecular formula is C19H13NO. The molecule has 1 aromatic heterocycles. The normalized spacial score (nSPS) is 9.71. The van der Waals surface area contributed by atoms with E-state index in [1.165, 1.54) is 0 Å². The summed E-state index contributed by atoms with van der Waals surface area (Å²) < 4.78 is 1.85. The van der Waals surface area contributed by atoms with E-state index in [1.54, 1.807) is 6.07 Å². The van der Waals surface area contributed by atoms with Gasteiger partial charge in [-0.1, -0.05) is 42.2 Å². The van der Waals surface area contributed by atoms with Crippen molar-refractivity contribution in [1.29, 1.82) is 0 Å². The van der Waals surface area contributed by atoms with Gasteiger partial charge >= 0.3 is 0 Å². The Hall–Kier alpha value is -3.05. The van der Waals surface area contributed by atoms with Crippen LogP contribution in [0.3, 0.4) is 0 Å². The number of para-hydroxylation sites is 1. The van der Waals surface area contributed by atoms with Crippen molar-refractivity contribution in [1.82, 2.24) is 4.57 Å². The minimum atomic E-state index is 0.615. The molecular weight excluding hydrogens is 258 g/mol. The summed E-state index contributed by atoms with van der Waals surface area (Å²) in [5.41, 5.74) is 3.38. The molecule has 1 heterocycles. The first-order valence-electron chi connectivity index (χ1n) is 6.67. The van der Waals surface area contributed by atoms with Crippen LogP contribution in [0.25, 0.3) is 5.69 Å². The van der Waals surface area contributed by atoms with E-state index in [1.807, 2.05) is 71.4 Å². The molecule has 3 aromatic rings. The summed E-state index contributed by atoms with van der Waals surface area (Å²) in [5.74, 6) is 6.33. The SMILES string of the molecule is O=Cc1cccn1-c1ccccc1C#Cc1ccccc1. The molecule has 0 radical (unpaired) electrons. The molecule has 0 spiro atoms. The number of carbonyl (C=O) groups is 1. The van der Waals surface area contributed by atoms with Crippen LogP contribution in [0, 0.1) is 11.8 Å². The van der Waals surface area contributed by atoms with Gasteiger partial charge in [0.1, 0.15) is 0 Å². The smallest absolute Gasteiger partial charge is 0.166 e. The van der Waals surface area contributed by atoms with Gasteiger partial charge in [0, 0.05) is 17.3 Å². The van der Waals surface area contributed by atoms with Crippen LogP contribution in [0.4, 0.5) is 0 Å². The lowest BCUT2D eigenvalue weighted by Crippen LogP contribution is -1.99. The van der Waals surface area contributed by atoms with Crippen LogP contribution in [0.2, 0.25) is 0 Å². The lowest BCUT2D eigenvalue weighted by Gasteiger charge is -2.07. The molecule has 21 heavy (non-hydrogen) atoms. The maximum Gasteiger partial charge on any atom is 0.166 e. The van der Waals surface area contributed by atoms with Crippen molar-refractivity contribution >= 4 is 6.29 Å². The molecule has 0 aliphatic carbocycles. The predicted molar refractivity (Wildman–Crippen MR) is 83.6 cm³/mol. The molecule has 0 N–H and O–H groups in total. The van der Waals surface area contributed by atoms with Crippen LogP contribution >= 0.6 is 0 Å². The highest BCUT2D eigenvalue weighted by molar-refractivity contribution is 5.74. The molecule has 3 rings (SSSR count). The van der Waals surface area contributed by atoms with Gasteiger partial charge in [0.2, 0.25) is 0 Å². The maximum atomic E-state index is 11.1. The lowest BCUT2D eigenvalue weighted by atomic mass is 10.1. The standard InChI is InChI=1S/C19H13NO/c21-15-18-10-6-14-20(18)19-11-5-4-9-17(19)13-12-16-7-2-1-3-8-16/h1-11,14-15H. The molecule has 2 nitrogen and oxygen atoms in total. The Morgan fingerprint density at radius 1 is 0.810 bits per heavy atom. The van der Waals surface area contributed by atoms with Crippen LogP contribution < -0.4 is 0 Å². The Morgan fingerprint density at radius 2 is 1.57 bits per heavy atom. The topological polar surface area (TPSA) is 22.0 Å². The minimum Gasteiger partial charge on any atom is -0.313 e. The Balaban J connectivity index is 2.06. The molecule has 0 saturated heterocycles. The van der Waals surface area contributed by atoms with Gasteiger partial charge in [-0.15, -0.1) is 0 Å². The van der Waals surface area contributed by atoms with E-state index in [9.17, 15) is 4.79 Å². The Labute approximate surface area is 123 Å². The van der Waals surface area contributed by atoms with E-state index in [0.717, 1.165) is 23.1 Å². The van der Waals surface area contributed by atoms with E-state index in [-0.39, 0.29) is 0 Å². The van der Waals surface area contributed by atoms with Crippen LogP contribution in [0.1, 0.15) is 21.6 Å². The highest BCUT2D eigenvalue weighted by Crippen LogP contribution is 2.16. The Bertz CT molecular complexity index is 819. The van der Waals surface area contributed by atoms with Crippen molar-refractivity contribution < 1.29 is 4.79 Å². The number of aldehydes is 1. The molecule has 0 amide bonds. The van der Waals surface area contributed by atoms with Crippen molar-refractivity contribution in [3.8, 4) is 17.5 Å². The minimum absolute atomic E-state index is 0.615. The lowest BCUT2D eigenvalue weighted by molar-refractivity contribution is 0.111. The zero-order valence-corrected chi connectivity index (χ0v) is 11.4. The van der Waals surface area contributed by atoms with Crippen molar-refractivity contribution in [2.24, 2.45) is 0 Å². The van der Waals surface area contributed by atoms with Crippen molar-refractivity contribution in [2.75, 3.05) is 0 Å². The molecule has 0 saturated carbocycles. The fourth-order valence-electron chi connectivity index (χ4n) is 2.16. The van der Waals surface area contributed by atoms with Gasteiger partial charge in [-0.3, -0.25) is 4.79 Å². The molecule has 0 fully saturated rings. The van der Waals surface area contributed by atoms with Gasteiger partial charge in [0.05, 0.1) is 11.4 Å². The second-order valence-electron chi connectivity index (χ2n) is 4.55. The zero-order valence-electron chi connectivity index (χ0n) is 11.4. The van der Waals surface area contributed by atoms with E-state index >= 15 is 0 Å². The van der Waals surface area contributed by atoms with E-state index in [4.69, 9.17) is 0 Å².